The summed E-state index contributed by atoms with van der Waals surface area (Å²) in [4.78, 5) is 5.60. The average molecular weight is 827 g/mol. The number of aromatic nitrogens is 4. The van der Waals surface area contributed by atoms with Crippen LogP contribution >= 0.6 is 11.3 Å². The van der Waals surface area contributed by atoms with Crippen molar-refractivity contribution in [2.75, 3.05) is 52.5 Å². The zero-order valence-corrected chi connectivity index (χ0v) is 32.5. The van der Waals surface area contributed by atoms with Gasteiger partial charge in [0.1, 0.15) is 17.2 Å². The van der Waals surface area contributed by atoms with Crippen molar-refractivity contribution in [3.8, 4) is 44.9 Å². The Labute approximate surface area is 336 Å². The maximum atomic E-state index is 13.2. The number of thiophene rings is 1. The summed E-state index contributed by atoms with van der Waals surface area (Å²) in [6.07, 6.45) is -0.618. The lowest BCUT2D eigenvalue weighted by Gasteiger charge is -2.14. The van der Waals surface area contributed by atoms with Crippen molar-refractivity contribution in [1.82, 2.24) is 29.4 Å². The topological polar surface area (TPSA) is 73.7 Å². The highest BCUT2D eigenvalue weighted by atomic mass is 32.1. The number of ether oxygens (including phenoxy) is 2. The Morgan fingerprint density at radius 2 is 1.09 bits per heavy atom. The highest BCUT2D eigenvalue weighted by molar-refractivity contribution is 7.13. The maximum Gasteiger partial charge on any atom is 0.435 e. The number of nitrogens with zero attached hydrogens (tertiary/aromatic N) is 6. The Balaban J connectivity index is 0.000000177. The van der Waals surface area contributed by atoms with Crippen LogP contribution in [0, 0.1) is 0 Å². The monoisotopic (exact) mass is 826 g/mol. The van der Waals surface area contributed by atoms with Crippen molar-refractivity contribution < 1.29 is 40.2 Å². The molecule has 6 heterocycles. The van der Waals surface area contributed by atoms with Crippen molar-refractivity contribution >= 4 is 11.3 Å². The van der Waals surface area contributed by atoms with Crippen LogP contribution in [0.2, 0.25) is 0 Å². The second-order valence-corrected chi connectivity index (χ2v) is 15.0. The van der Waals surface area contributed by atoms with E-state index in [0.717, 1.165) is 56.0 Å². The molecule has 0 N–H and O–H groups in total. The molecule has 2 fully saturated rings. The molecule has 2 aromatic carbocycles. The molecule has 0 unspecified atom stereocenters. The van der Waals surface area contributed by atoms with Gasteiger partial charge in [-0.3, -0.25) is 0 Å². The van der Waals surface area contributed by atoms with Crippen molar-refractivity contribution in [3.05, 3.63) is 108 Å². The predicted octanol–water partition coefficient (Wildman–Crippen LogP) is 10.5. The Morgan fingerprint density at radius 1 is 0.603 bits per heavy atom. The molecule has 0 radical (unpaired) electrons. The zero-order valence-electron chi connectivity index (χ0n) is 31.7. The standard InChI is InChI=1S/C21H22F3N3O2.C21H22F3N3OS/c22-21(23,24)20-15-18(19-5-3-13-29-19)27(25-20)16-6-8-17(9-7-16)28-14-4-12-26-10-1-2-11-26;22-21(23,24)20-15-18(19-5-3-14-29-19)27(25-20)16-6-8-17(9-7-16)28-13-4-12-26-10-1-2-11-26/h3,5-9,13,15H,1-2,4,10-12,14H2;3,5-9,14-15H,1-2,4,10-13H2. The van der Waals surface area contributed by atoms with Gasteiger partial charge in [0.2, 0.25) is 0 Å². The van der Waals surface area contributed by atoms with Crippen LogP contribution in [0.25, 0.3) is 33.4 Å². The molecule has 6 aromatic rings. The second kappa shape index (κ2) is 18.7. The van der Waals surface area contributed by atoms with Crippen molar-refractivity contribution in [2.45, 2.75) is 50.9 Å². The van der Waals surface area contributed by atoms with Crippen LogP contribution in [0.1, 0.15) is 49.9 Å². The molecule has 2 aliphatic rings. The molecule has 8 rings (SSSR count). The molecule has 0 amide bonds. The van der Waals surface area contributed by atoms with Gasteiger partial charge in [-0.1, -0.05) is 6.07 Å². The lowest BCUT2D eigenvalue weighted by Crippen LogP contribution is -2.21. The SMILES string of the molecule is FC(F)(F)c1cc(-c2ccco2)n(-c2ccc(OCCCN3CCCC3)cc2)n1.FC(F)(F)c1cc(-c2cccs2)n(-c2ccc(OCCCN3CCCC3)cc2)n1. The minimum atomic E-state index is -4.54. The van der Waals surface area contributed by atoms with Crippen LogP contribution < -0.4 is 9.47 Å². The molecule has 9 nitrogen and oxygen atoms in total. The van der Waals surface area contributed by atoms with E-state index in [4.69, 9.17) is 13.9 Å². The van der Waals surface area contributed by atoms with E-state index in [0.29, 0.717) is 47.5 Å². The Kier molecular flexibility index (Phi) is 13.2. The fourth-order valence-corrected chi connectivity index (χ4v) is 7.70. The van der Waals surface area contributed by atoms with Crippen molar-refractivity contribution in [3.63, 3.8) is 0 Å². The summed E-state index contributed by atoms with van der Waals surface area (Å²) in [5, 5.41) is 9.38. The van der Waals surface area contributed by atoms with E-state index in [1.807, 2.05) is 11.4 Å². The molecular formula is C42H44F6N6O3S. The molecule has 0 atom stereocenters. The van der Waals surface area contributed by atoms with Gasteiger partial charge >= 0.3 is 12.4 Å². The third-order valence-electron chi connectivity index (χ3n) is 9.88. The molecule has 16 heteroatoms. The summed E-state index contributed by atoms with van der Waals surface area (Å²) in [6.45, 7) is 7.96. The lowest BCUT2D eigenvalue weighted by molar-refractivity contribution is -0.142. The fraction of sp³-hybridized carbons (Fsp3) is 0.381. The minimum absolute atomic E-state index is 0.238. The van der Waals surface area contributed by atoms with Gasteiger partial charge in [-0.2, -0.15) is 36.5 Å². The minimum Gasteiger partial charge on any atom is -0.494 e. The normalized spacial score (nSPS) is 15.1. The molecule has 2 aliphatic heterocycles. The maximum absolute atomic E-state index is 13.2. The first-order chi connectivity index (χ1) is 28.0. The third-order valence-corrected chi connectivity index (χ3v) is 10.8. The number of halogens is 6. The Hall–Kier alpha value is -5.06. The van der Waals surface area contributed by atoms with E-state index in [1.54, 1.807) is 66.7 Å². The number of benzene rings is 2. The quantitative estimate of drug-likeness (QED) is 0.0800. The van der Waals surface area contributed by atoms with Crippen LogP contribution in [0.5, 0.6) is 11.5 Å². The van der Waals surface area contributed by atoms with Crippen LogP contribution in [0.4, 0.5) is 26.3 Å². The van der Waals surface area contributed by atoms with Crippen LogP contribution in [0.3, 0.4) is 0 Å². The first kappa shape index (κ1) is 41.1. The van der Waals surface area contributed by atoms with E-state index >= 15 is 0 Å². The van der Waals surface area contributed by atoms with Crippen LogP contribution in [-0.2, 0) is 12.4 Å². The summed E-state index contributed by atoms with van der Waals surface area (Å²) >= 11 is 1.38. The van der Waals surface area contributed by atoms with Gasteiger partial charge in [0, 0.05) is 19.2 Å². The number of hydrogen-bond donors (Lipinski definition) is 0. The van der Waals surface area contributed by atoms with Crippen LogP contribution in [0.15, 0.2) is 101 Å². The smallest absolute Gasteiger partial charge is 0.435 e. The molecule has 0 aliphatic carbocycles. The van der Waals surface area contributed by atoms with Crippen molar-refractivity contribution in [2.24, 2.45) is 0 Å². The summed E-state index contributed by atoms with van der Waals surface area (Å²) in [5.74, 6) is 1.70. The van der Waals surface area contributed by atoms with E-state index in [9.17, 15) is 26.3 Å². The van der Waals surface area contributed by atoms with E-state index in [1.165, 1.54) is 65.7 Å². The average Bonchev–Trinajstić information content (AvgIpc) is 4.06. The second-order valence-electron chi connectivity index (χ2n) is 14.1. The molecule has 0 spiro atoms. The fourth-order valence-electron chi connectivity index (χ4n) is 6.97. The predicted molar refractivity (Wildman–Crippen MR) is 210 cm³/mol. The Bertz CT molecular complexity index is 1980. The number of furan rings is 1. The van der Waals surface area contributed by atoms with Gasteiger partial charge < -0.3 is 23.7 Å². The van der Waals surface area contributed by atoms with Gasteiger partial charge in [-0.25, -0.2) is 9.36 Å². The van der Waals surface area contributed by atoms with Gasteiger partial charge in [0.05, 0.1) is 41.4 Å². The van der Waals surface area contributed by atoms with Gasteiger partial charge in [-0.15, -0.1) is 11.3 Å². The van der Waals surface area contributed by atoms with E-state index in [2.05, 4.69) is 20.0 Å². The first-order valence-electron chi connectivity index (χ1n) is 19.3. The summed E-state index contributed by atoms with van der Waals surface area (Å²) < 4.78 is 98.5. The number of likely N-dealkylation sites (tertiary alicyclic amines) is 2. The largest absolute Gasteiger partial charge is 0.494 e. The number of hydrogen-bond acceptors (Lipinski definition) is 8. The molecule has 4 aromatic heterocycles. The molecule has 58 heavy (non-hydrogen) atoms. The highest BCUT2D eigenvalue weighted by Gasteiger charge is 2.36. The molecule has 308 valence electrons. The van der Waals surface area contributed by atoms with Crippen LogP contribution in [-0.4, -0.2) is 81.8 Å². The zero-order chi connectivity index (χ0) is 40.5. The van der Waals surface area contributed by atoms with Gasteiger partial charge in [0.15, 0.2) is 17.1 Å². The molecule has 0 saturated carbocycles. The van der Waals surface area contributed by atoms with Gasteiger partial charge in [0.25, 0.3) is 0 Å². The summed E-state index contributed by atoms with van der Waals surface area (Å²) in [6, 6.07) is 22.8. The highest BCUT2D eigenvalue weighted by Crippen LogP contribution is 2.36. The van der Waals surface area contributed by atoms with Crippen molar-refractivity contribution in [1.29, 1.82) is 0 Å². The molecule has 0 bridgehead atoms. The summed E-state index contributed by atoms with van der Waals surface area (Å²) in [5.41, 5.74) is -0.146. The summed E-state index contributed by atoms with van der Waals surface area (Å²) in [7, 11) is 0. The van der Waals surface area contributed by atoms with Gasteiger partial charge in [-0.05, 0) is 143 Å². The first-order valence-corrected chi connectivity index (χ1v) is 20.2. The van der Waals surface area contributed by atoms with E-state index < -0.39 is 23.7 Å². The van der Waals surface area contributed by atoms with E-state index in [-0.39, 0.29) is 5.69 Å². The number of rotatable bonds is 14. The Morgan fingerprint density at radius 3 is 1.52 bits per heavy atom. The molecule has 2 saturated heterocycles. The molecular weight excluding hydrogens is 783 g/mol. The lowest BCUT2D eigenvalue weighted by atomic mass is 10.2. The number of alkyl halides is 6. The third kappa shape index (κ3) is 10.7.